The predicted octanol–water partition coefficient (Wildman–Crippen LogP) is 1.03. The fourth-order valence-electron chi connectivity index (χ4n) is 1.96. The number of likely N-dealkylation sites (tertiary alicyclic amines) is 1. The minimum atomic E-state index is -0.0956. The number of rotatable bonds is 2. The Labute approximate surface area is 73.7 Å². The van der Waals surface area contributed by atoms with Crippen LogP contribution in [-0.4, -0.2) is 36.1 Å². The minimum Gasteiger partial charge on any atom is -0.468 e. The molecule has 0 unspecified atom stereocenters. The molecule has 0 aromatic rings. The van der Waals surface area contributed by atoms with Crippen molar-refractivity contribution in [3.63, 3.8) is 0 Å². The Hall–Kier alpha value is -0.570. The van der Waals surface area contributed by atoms with Crippen LogP contribution in [0.4, 0.5) is 0 Å². The number of carbonyl (C=O) groups excluding carboxylic acids is 1. The first kappa shape index (κ1) is 9.52. The van der Waals surface area contributed by atoms with Crippen LogP contribution in [0.15, 0.2) is 0 Å². The molecule has 1 aliphatic heterocycles. The average Bonchev–Trinajstić information content (AvgIpc) is 1.97. The Morgan fingerprint density at radius 2 is 2.17 bits per heavy atom. The summed E-state index contributed by atoms with van der Waals surface area (Å²) in [4.78, 5) is 13.4. The van der Waals surface area contributed by atoms with Crippen molar-refractivity contribution in [2.75, 3.05) is 7.11 Å². The standard InChI is InChI=1S/C9H17NO2/c1-6(2)10-7(3)5-8(10)9(11)12-4/h6-8H,5H2,1-4H3/t7-,8-/m0/s1. The molecular weight excluding hydrogens is 154 g/mol. The predicted molar refractivity (Wildman–Crippen MR) is 46.9 cm³/mol. The molecular formula is C9H17NO2. The van der Waals surface area contributed by atoms with Crippen LogP contribution in [-0.2, 0) is 9.53 Å². The van der Waals surface area contributed by atoms with E-state index in [4.69, 9.17) is 4.74 Å². The molecule has 0 spiro atoms. The summed E-state index contributed by atoms with van der Waals surface area (Å²) in [5.41, 5.74) is 0. The van der Waals surface area contributed by atoms with E-state index in [-0.39, 0.29) is 12.0 Å². The number of hydrogen-bond donors (Lipinski definition) is 0. The molecule has 0 aromatic carbocycles. The zero-order valence-electron chi connectivity index (χ0n) is 8.20. The molecule has 0 aromatic heterocycles. The SMILES string of the molecule is COC(=O)[C@@H]1C[C@H](C)N1C(C)C. The molecule has 0 radical (unpaired) electrons. The second-order valence-corrected chi connectivity index (χ2v) is 3.66. The zero-order valence-corrected chi connectivity index (χ0v) is 8.20. The molecule has 0 N–H and O–H groups in total. The van der Waals surface area contributed by atoms with E-state index in [1.165, 1.54) is 7.11 Å². The lowest BCUT2D eigenvalue weighted by Gasteiger charge is -2.47. The minimum absolute atomic E-state index is 0.00463. The number of methoxy groups -OCH3 is 1. The highest BCUT2D eigenvalue weighted by Gasteiger charge is 2.42. The molecule has 70 valence electrons. The highest BCUT2D eigenvalue weighted by molar-refractivity contribution is 5.77. The Balaban J connectivity index is 2.54. The van der Waals surface area contributed by atoms with Crippen molar-refractivity contribution in [3.05, 3.63) is 0 Å². The van der Waals surface area contributed by atoms with Crippen molar-refractivity contribution < 1.29 is 9.53 Å². The van der Waals surface area contributed by atoms with E-state index in [0.717, 1.165) is 6.42 Å². The fraction of sp³-hybridized carbons (Fsp3) is 0.889. The van der Waals surface area contributed by atoms with E-state index in [0.29, 0.717) is 12.1 Å². The van der Waals surface area contributed by atoms with Gasteiger partial charge in [0, 0.05) is 12.1 Å². The van der Waals surface area contributed by atoms with Gasteiger partial charge in [0.05, 0.1) is 7.11 Å². The molecule has 2 atom stereocenters. The lowest BCUT2D eigenvalue weighted by Crippen LogP contribution is -2.61. The molecule has 0 amide bonds. The molecule has 0 bridgehead atoms. The van der Waals surface area contributed by atoms with Crippen LogP contribution in [0.3, 0.4) is 0 Å². The van der Waals surface area contributed by atoms with Gasteiger partial charge in [-0.1, -0.05) is 0 Å². The molecule has 1 heterocycles. The Morgan fingerprint density at radius 1 is 1.58 bits per heavy atom. The summed E-state index contributed by atoms with van der Waals surface area (Å²) in [6, 6.07) is 0.956. The number of carbonyl (C=O) groups is 1. The van der Waals surface area contributed by atoms with Gasteiger partial charge in [0.2, 0.25) is 0 Å². The first-order valence-corrected chi connectivity index (χ1v) is 4.43. The number of ether oxygens (including phenoxy) is 1. The summed E-state index contributed by atoms with van der Waals surface area (Å²) in [6.45, 7) is 6.34. The van der Waals surface area contributed by atoms with Crippen LogP contribution in [0.25, 0.3) is 0 Å². The van der Waals surface area contributed by atoms with Crippen molar-refractivity contribution in [3.8, 4) is 0 Å². The third kappa shape index (κ3) is 1.46. The van der Waals surface area contributed by atoms with Gasteiger partial charge in [-0.2, -0.15) is 0 Å². The van der Waals surface area contributed by atoms with Crippen LogP contribution in [0.5, 0.6) is 0 Å². The topological polar surface area (TPSA) is 29.5 Å². The number of nitrogens with zero attached hydrogens (tertiary/aromatic N) is 1. The van der Waals surface area contributed by atoms with Gasteiger partial charge >= 0.3 is 5.97 Å². The van der Waals surface area contributed by atoms with Crippen LogP contribution in [0.1, 0.15) is 27.2 Å². The lowest BCUT2D eigenvalue weighted by atomic mass is 9.92. The van der Waals surface area contributed by atoms with E-state index < -0.39 is 0 Å². The molecule has 1 saturated heterocycles. The number of hydrogen-bond acceptors (Lipinski definition) is 3. The van der Waals surface area contributed by atoms with E-state index in [9.17, 15) is 4.79 Å². The highest BCUT2D eigenvalue weighted by Crippen LogP contribution is 2.28. The Morgan fingerprint density at radius 3 is 2.50 bits per heavy atom. The molecule has 3 heteroatoms. The largest absolute Gasteiger partial charge is 0.468 e. The molecule has 1 rings (SSSR count). The summed E-state index contributed by atoms with van der Waals surface area (Å²) >= 11 is 0. The molecule has 0 aliphatic carbocycles. The van der Waals surface area contributed by atoms with Crippen molar-refractivity contribution in [1.82, 2.24) is 4.90 Å². The first-order chi connectivity index (χ1) is 5.57. The average molecular weight is 171 g/mol. The second-order valence-electron chi connectivity index (χ2n) is 3.66. The van der Waals surface area contributed by atoms with Crippen LogP contribution in [0, 0.1) is 0 Å². The van der Waals surface area contributed by atoms with Crippen LogP contribution in [0.2, 0.25) is 0 Å². The molecule has 12 heavy (non-hydrogen) atoms. The number of esters is 1. The molecule has 1 aliphatic rings. The van der Waals surface area contributed by atoms with E-state index in [2.05, 4.69) is 25.7 Å². The van der Waals surface area contributed by atoms with Gasteiger partial charge in [-0.25, -0.2) is 0 Å². The van der Waals surface area contributed by atoms with Gasteiger partial charge in [0.1, 0.15) is 6.04 Å². The summed E-state index contributed by atoms with van der Waals surface area (Å²) in [5.74, 6) is -0.0956. The summed E-state index contributed by atoms with van der Waals surface area (Å²) < 4.78 is 4.70. The fourth-order valence-corrected chi connectivity index (χ4v) is 1.96. The first-order valence-electron chi connectivity index (χ1n) is 4.43. The van der Waals surface area contributed by atoms with E-state index in [1.807, 2.05) is 0 Å². The Kier molecular flexibility index (Phi) is 2.73. The van der Waals surface area contributed by atoms with Crippen molar-refractivity contribution >= 4 is 5.97 Å². The van der Waals surface area contributed by atoms with Gasteiger partial charge in [-0.05, 0) is 27.2 Å². The quantitative estimate of drug-likeness (QED) is 0.581. The maximum atomic E-state index is 11.2. The second kappa shape index (κ2) is 3.44. The zero-order chi connectivity index (χ0) is 9.30. The van der Waals surface area contributed by atoms with Gasteiger partial charge in [0.15, 0.2) is 0 Å². The maximum absolute atomic E-state index is 11.2. The summed E-state index contributed by atoms with van der Waals surface area (Å²) in [5, 5.41) is 0. The summed E-state index contributed by atoms with van der Waals surface area (Å²) in [7, 11) is 1.45. The van der Waals surface area contributed by atoms with Crippen LogP contribution >= 0.6 is 0 Å². The van der Waals surface area contributed by atoms with Crippen molar-refractivity contribution in [2.24, 2.45) is 0 Å². The van der Waals surface area contributed by atoms with E-state index in [1.54, 1.807) is 0 Å². The van der Waals surface area contributed by atoms with Gasteiger partial charge < -0.3 is 4.74 Å². The normalized spacial score (nSPS) is 30.1. The van der Waals surface area contributed by atoms with Gasteiger partial charge in [-0.3, -0.25) is 9.69 Å². The monoisotopic (exact) mass is 171 g/mol. The summed E-state index contributed by atoms with van der Waals surface area (Å²) in [6.07, 6.45) is 0.935. The van der Waals surface area contributed by atoms with Crippen molar-refractivity contribution in [1.29, 1.82) is 0 Å². The van der Waals surface area contributed by atoms with Crippen molar-refractivity contribution in [2.45, 2.75) is 45.3 Å². The van der Waals surface area contributed by atoms with E-state index >= 15 is 0 Å². The van der Waals surface area contributed by atoms with Gasteiger partial charge in [-0.15, -0.1) is 0 Å². The maximum Gasteiger partial charge on any atom is 0.323 e. The molecule has 1 fully saturated rings. The molecule has 0 saturated carbocycles. The van der Waals surface area contributed by atoms with Crippen LogP contribution < -0.4 is 0 Å². The third-order valence-corrected chi connectivity index (χ3v) is 2.50. The lowest BCUT2D eigenvalue weighted by molar-refractivity contribution is -0.157. The molecule has 3 nitrogen and oxygen atoms in total. The third-order valence-electron chi connectivity index (χ3n) is 2.50. The van der Waals surface area contributed by atoms with Gasteiger partial charge in [0.25, 0.3) is 0 Å². The highest BCUT2D eigenvalue weighted by atomic mass is 16.5. The Bertz CT molecular complexity index is 175. The smallest absolute Gasteiger partial charge is 0.323 e.